The number of carbonyl (C=O) groups is 1. The van der Waals surface area contributed by atoms with Crippen molar-refractivity contribution in [3.05, 3.63) is 34.7 Å². The van der Waals surface area contributed by atoms with E-state index >= 15 is 0 Å². The van der Waals surface area contributed by atoms with E-state index in [1.807, 2.05) is 29.2 Å². The maximum absolute atomic E-state index is 12.8. The number of fused-ring (bicyclic) bond motifs is 1. The van der Waals surface area contributed by atoms with Crippen molar-refractivity contribution in [2.45, 2.75) is 39.2 Å². The Morgan fingerprint density at radius 2 is 1.85 bits per heavy atom. The van der Waals surface area contributed by atoms with E-state index in [1.54, 1.807) is 16.2 Å². The predicted octanol–water partition coefficient (Wildman–Crippen LogP) is 2.31. The van der Waals surface area contributed by atoms with Gasteiger partial charge in [-0.3, -0.25) is 13.9 Å². The lowest BCUT2D eigenvalue weighted by Gasteiger charge is -2.34. The summed E-state index contributed by atoms with van der Waals surface area (Å²) in [7, 11) is 3.95. The van der Waals surface area contributed by atoms with E-state index in [9.17, 15) is 9.59 Å². The number of aryl methyl sites for hydroxylation is 1. The standard InChI is InChI=1S/C21H32N4O2/c1-4-5-12-22(2)15-17-10-13-24(14-11-17)20(26)16-25-19-9-7-6-8-18(19)23(3)21(25)27/h6-9,17H,4-5,10-16H2,1-3H3. The second-order valence-corrected chi connectivity index (χ2v) is 7.86. The van der Waals surface area contributed by atoms with Gasteiger partial charge in [-0.25, -0.2) is 4.79 Å². The number of benzene rings is 1. The van der Waals surface area contributed by atoms with Gasteiger partial charge >= 0.3 is 5.69 Å². The molecule has 0 atom stereocenters. The van der Waals surface area contributed by atoms with Crippen LogP contribution in [0.15, 0.2) is 29.1 Å². The molecule has 0 radical (unpaired) electrons. The van der Waals surface area contributed by atoms with E-state index in [2.05, 4.69) is 18.9 Å². The lowest BCUT2D eigenvalue weighted by atomic mass is 9.96. The summed E-state index contributed by atoms with van der Waals surface area (Å²) in [5.74, 6) is 0.711. The Hall–Kier alpha value is -2.08. The van der Waals surface area contributed by atoms with Crippen LogP contribution < -0.4 is 5.69 Å². The SMILES string of the molecule is CCCCN(C)CC1CCN(C(=O)Cn2c(=O)n(C)c3ccccc32)CC1. The third kappa shape index (κ3) is 4.43. The summed E-state index contributed by atoms with van der Waals surface area (Å²) in [5.41, 5.74) is 1.56. The summed E-state index contributed by atoms with van der Waals surface area (Å²) >= 11 is 0. The number of hydrogen-bond donors (Lipinski definition) is 0. The van der Waals surface area contributed by atoms with E-state index in [-0.39, 0.29) is 18.1 Å². The lowest BCUT2D eigenvalue weighted by molar-refractivity contribution is -0.133. The summed E-state index contributed by atoms with van der Waals surface area (Å²) < 4.78 is 3.21. The molecule has 0 saturated carbocycles. The van der Waals surface area contributed by atoms with Crippen molar-refractivity contribution in [3.63, 3.8) is 0 Å². The van der Waals surface area contributed by atoms with Gasteiger partial charge in [0, 0.05) is 26.7 Å². The number of rotatable bonds is 7. The molecular weight excluding hydrogens is 340 g/mol. The van der Waals surface area contributed by atoms with Gasteiger partial charge in [0.25, 0.3) is 0 Å². The molecule has 148 valence electrons. The number of aromatic nitrogens is 2. The van der Waals surface area contributed by atoms with E-state index in [0.29, 0.717) is 5.92 Å². The highest BCUT2D eigenvalue weighted by molar-refractivity contribution is 5.81. The van der Waals surface area contributed by atoms with Gasteiger partial charge in [-0.15, -0.1) is 0 Å². The number of amides is 1. The van der Waals surface area contributed by atoms with Crippen LogP contribution >= 0.6 is 0 Å². The van der Waals surface area contributed by atoms with Gasteiger partial charge in [0.1, 0.15) is 6.54 Å². The highest BCUT2D eigenvalue weighted by Gasteiger charge is 2.24. The van der Waals surface area contributed by atoms with Gasteiger partial charge in [0.2, 0.25) is 5.91 Å². The molecule has 1 amide bonds. The summed E-state index contributed by atoms with van der Waals surface area (Å²) in [5, 5.41) is 0. The van der Waals surface area contributed by atoms with Crippen LogP contribution in [0, 0.1) is 5.92 Å². The fourth-order valence-electron chi connectivity index (χ4n) is 4.08. The molecule has 0 unspecified atom stereocenters. The Labute approximate surface area is 161 Å². The maximum Gasteiger partial charge on any atom is 0.329 e. The molecule has 2 aromatic rings. The van der Waals surface area contributed by atoms with Crippen molar-refractivity contribution < 1.29 is 4.79 Å². The van der Waals surface area contributed by atoms with E-state index in [0.717, 1.165) is 50.1 Å². The Kier molecular flexibility index (Phi) is 6.37. The Balaban J connectivity index is 1.58. The van der Waals surface area contributed by atoms with Gasteiger partial charge in [-0.2, -0.15) is 0 Å². The van der Waals surface area contributed by atoms with Crippen LogP contribution in [-0.4, -0.2) is 58.1 Å². The van der Waals surface area contributed by atoms with Crippen molar-refractivity contribution in [1.29, 1.82) is 0 Å². The van der Waals surface area contributed by atoms with Crippen LogP contribution in [0.4, 0.5) is 0 Å². The first-order valence-corrected chi connectivity index (χ1v) is 10.1. The lowest BCUT2D eigenvalue weighted by Crippen LogP contribution is -2.43. The predicted molar refractivity (Wildman–Crippen MR) is 109 cm³/mol. The summed E-state index contributed by atoms with van der Waals surface area (Å²) in [4.78, 5) is 29.7. The average molecular weight is 373 g/mol. The molecule has 0 aliphatic carbocycles. The Morgan fingerprint density at radius 1 is 1.19 bits per heavy atom. The molecule has 0 N–H and O–H groups in total. The summed E-state index contributed by atoms with van der Waals surface area (Å²) in [6.45, 7) is 6.21. The van der Waals surface area contributed by atoms with Crippen molar-refractivity contribution in [1.82, 2.24) is 18.9 Å². The number of hydrogen-bond acceptors (Lipinski definition) is 3. The summed E-state index contributed by atoms with van der Waals surface area (Å²) in [6, 6.07) is 7.64. The fourth-order valence-corrected chi connectivity index (χ4v) is 4.08. The van der Waals surface area contributed by atoms with Gasteiger partial charge in [-0.1, -0.05) is 25.5 Å². The van der Waals surface area contributed by atoms with Crippen LogP contribution in [-0.2, 0) is 18.4 Å². The Bertz CT molecular complexity index is 830. The van der Waals surface area contributed by atoms with E-state index < -0.39 is 0 Å². The molecule has 1 aliphatic rings. The normalized spacial score (nSPS) is 15.8. The zero-order valence-electron chi connectivity index (χ0n) is 16.9. The van der Waals surface area contributed by atoms with Crippen molar-refractivity contribution >= 4 is 16.9 Å². The monoisotopic (exact) mass is 372 g/mol. The van der Waals surface area contributed by atoms with Gasteiger partial charge < -0.3 is 9.80 Å². The van der Waals surface area contributed by atoms with Crippen LogP contribution in [0.5, 0.6) is 0 Å². The second-order valence-electron chi connectivity index (χ2n) is 7.86. The number of unbranched alkanes of at least 4 members (excludes halogenated alkanes) is 1. The molecule has 3 rings (SSSR count). The third-order valence-corrected chi connectivity index (χ3v) is 5.78. The molecule has 1 aliphatic heterocycles. The summed E-state index contributed by atoms with van der Waals surface area (Å²) in [6.07, 6.45) is 4.57. The zero-order chi connectivity index (χ0) is 19.4. The molecule has 0 bridgehead atoms. The molecule has 1 fully saturated rings. The van der Waals surface area contributed by atoms with Crippen molar-refractivity contribution in [3.8, 4) is 0 Å². The van der Waals surface area contributed by atoms with Gasteiger partial charge in [0.05, 0.1) is 11.0 Å². The van der Waals surface area contributed by atoms with Crippen LogP contribution in [0.3, 0.4) is 0 Å². The maximum atomic E-state index is 12.8. The quantitative estimate of drug-likeness (QED) is 0.749. The van der Waals surface area contributed by atoms with Crippen LogP contribution in [0.25, 0.3) is 11.0 Å². The fraction of sp³-hybridized carbons (Fsp3) is 0.619. The van der Waals surface area contributed by atoms with E-state index in [1.165, 1.54) is 12.8 Å². The first-order valence-electron chi connectivity index (χ1n) is 10.1. The molecule has 27 heavy (non-hydrogen) atoms. The topological polar surface area (TPSA) is 50.5 Å². The zero-order valence-corrected chi connectivity index (χ0v) is 16.9. The molecule has 1 saturated heterocycles. The second kappa shape index (κ2) is 8.74. The van der Waals surface area contributed by atoms with Crippen LogP contribution in [0.1, 0.15) is 32.6 Å². The molecule has 6 heteroatoms. The molecular formula is C21H32N4O2. The van der Waals surface area contributed by atoms with Crippen LogP contribution in [0.2, 0.25) is 0 Å². The first kappa shape index (κ1) is 19.7. The number of para-hydroxylation sites is 2. The highest BCUT2D eigenvalue weighted by atomic mass is 16.2. The Morgan fingerprint density at radius 3 is 2.52 bits per heavy atom. The van der Waals surface area contributed by atoms with Gasteiger partial charge in [0.15, 0.2) is 0 Å². The number of nitrogens with zero attached hydrogens (tertiary/aromatic N) is 4. The van der Waals surface area contributed by atoms with E-state index in [4.69, 9.17) is 0 Å². The molecule has 1 aromatic carbocycles. The molecule has 6 nitrogen and oxygen atoms in total. The average Bonchev–Trinajstić information content (AvgIpc) is 2.92. The minimum Gasteiger partial charge on any atom is -0.341 e. The molecule has 0 spiro atoms. The minimum atomic E-state index is -0.128. The highest BCUT2D eigenvalue weighted by Crippen LogP contribution is 2.19. The number of imidazole rings is 1. The number of likely N-dealkylation sites (tertiary alicyclic amines) is 1. The van der Waals surface area contributed by atoms with Crippen molar-refractivity contribution in [2.24, 2.45) is 13.0 Å². The number of piperidine rings is 1. The minimum absolute atomic E-state index is 0.0474. The largest absolute Gasteiger partial charge is 0.341 e. The molecule has 1 aromatic heterocycles. The third-order valence-electron chi connectivity index (χ3n) is 5.78. The number of carbonyl (C=O) groups excluding carboxylic acids is 1. The molecule has 2 heterocycles. The smallest absolute Gasteiger partial charge is 0.329 e. The van der Waals surface area contributed by atoms with Gasteiger partial charge in [-0.05, 0) is 50.9 Å². The first-order chi connectivity index (χ1) is 13.0. The van der Waals surface area contributed by atoms with Crippen molar-refractivity contribution in [2.75, 3.05) is 33.2 Å².